The van der Waals surface area contributed by atoms with E-state index in [0.29, 0.717) is 0 Å². The third kappa shape index (κ3) is 5.36. The zero-order chi connectivity index (χ0) is 16.5. The largest absolute Gasteiger partial charge is 0.457 e. The first-order valence-electron chi connectivity index (χ1n) is 8.08. The zero-order valence-electron chi connectivity index (χ0n) is 13.6. The van der Waals surface area contributed by atoms with Crippen LogP contribution in [0, 0.1) is 0 Å². The normalized spacial score (nSPS) is 17.0. The van der Waals surface area contributed by atoms with Crippen molar-refractivity contribution in [1.82, 2.24) is 0 Å². The Bertz CT molecular complexity index is 580. The van der Waals surface area contributed by atoms with Crippen LogP contribution in [-0.2, 0) is 16.2 Å². The van der Waals surface area contributed by atoms with E-state index < -0.39 is 0 Å². The van der Waals surface area contributed by atoms with E-state index >= 15 is 0 Å². The lowest BCUT2D eigenvalue weighted by molar-refractivity contribution is 0.118. The molecule has 2 aromatic rings. The van der Waals surface area contributed by atoms with E-state index in [4.69, 9.17) is 14.2 Å². The highest BCUT2D eigenvalue weighted by atomic mass is 32.2. The van der Waals surface area contributed by atoms with Crippen molar-refractivity contribution in [3.05, 3.63) is 59.7 Å². The molecule has 2 aromatic carbocycles. The maximum absolute atomic E-state index is 5.87. The van der Waals surface area contributed by atoms with Crippen molar-refractivity contribution in [3.63, 3.8) is 0 Å². The highest BCUT2D eigenvalue weighted by Gasteiger charge is 2.07. The van der Waals surface area contributed by atoms with Gasteiger partial charge < -0.3 is 14.2 Å². The van der Waals surface area contributed by atoms with E-state index in [2.05, 4.69) is 12.1 Å². The third-order valence-corrected chi connectivity index (χ3v) is 5.57. The molecule has 0 fully saturated rings. The summed E-state index contributed by atoms with van der Waals surface area (Å²) in [7, 11) is 0. The third-order valence-electron chi connectivity index (χ3n) is 3.63. The van der Waals surface area contributed by atoms with Crippen LogP contribution >= 0.6 is 23.5 Å². The van der Waals surface area contributed by atoms with Gasteiger partial charge in [0.1, 0.15) is 11.5 Å². The molecule has 0 aromatic heterocycles. The van der Waals surface area contributed by atoms with Crippen LogP contribution in [0.5, 0.6) is 11.5 Å². The second-order valence-corrected chi connectivity index (χ2v) is 7.55. The van der Waals surface area contributed by atoms with E-state index in [9.17, 15) is 0 Å². The fraction of sp³-hybridized carbons (Fsp3) is 0.368. The molecule has 5 heteroatoms. The van der Waals surface area contributed by atoms with Gasteiger partial charge in [0, 0.05) is 34.1 Å². The van der Waals surface area contributed by atoms with Crippen LogP contribution in [0.25, 0.3) is 0 Å². The molecule has 1 aliphatic rings. The fourth-order valence-electron chi connectivity index (χ4n) is 2.39. The molecule has 3 nitrogen and oxygen atoms in total. The van der Waals surface area contributed by atoms with E-state index in [0.717, 1.165) is 47.7 Å². The molecule has 3 rings (SSSR count). The van der Waals surface area contributed by atoms with E-state index in [1.807, 2.05) is 59.9 Å². The summed E-state index contributed by atoms with van der Waals surface area (Å²) in [4.78, 5) is 0. The van der Waals surface area contributed by atoms with E-state index in [1.54, 1.807) is 0 Å². The van der Waals surface area contributed by atoms with Gasteiger partial charge >= 0.3 is 0 Å². The van der Waals surface area contributed by atoms with E-state index in [-0.39, 0.29) is 6.79 Å². The summed E-state index contributed by atoms with van der Waals surface area (Å²) in [6.07, 6.45) is 0. The van der Waals surface area contributed by atoms with Crippen LogP contribution in [0.4, 0.5) is 0 Å². The molecule has 1 aliphatic heterocycles. The molecule has 128 valence electrons. The van der Waals surface area contributed by atoms with Gasteiger partial charge in [-0.25, -0.2) is 0 Å². The van der Waals surface area contributed by atoms with Gasteiger partial charge in [0.15, 0.2) is 0 Å². The number of benzene rings is 2. The van der Waals surface area contributed by atoms with Crippen molar-refractivity contribution in [2.24, 2.45) is 0 Å². The highest BCUT2D eigenvalue weighted by Crippen LogP contribution is 2.26. The zero-order valence-corrected chi connectivity index (χ0v) is 15.2. The molecule has 0 unspecified atom stereocenters. The van der Waals surface area contributed by atoms with Gasteiger partial charge in [0.05, 0.1) is 13.2 Å². The molecule has 0 aliphatic carbocycles. The quantitative estimate of drug-likeness (QED) is 0.683. The Balaban J connectivity index is 1.70. The molecule has 1 heterocycles. The number of hydrogen-bond acceptors (Lipinski definition) is 5. The van der Waals surface area contributed by atoms with Gasteiger partial charge in [-0.2, -0.15) is 23.5 Å². The Hall–Kier alpha value is -1.30. The van der Waals surface area contributed by atoms with E-state index in [1.165, 1.54) is 11.1 Å². The predicted octanol–water partition coefficient (Wildman–Crippen LogP) is 4.60. The molecular weight excluding hydrogens is 340 g/mol. The summed E-state index contributed by atoms with van der Waals surface area (Å²) in [6.45, 7) is 1.83. The number of ether oxygens (including phenoxy) is 3. The molecular formula is C19H22O3S2. The lowest BCUT2D eigenvalue weighted by atomic mass is 10.2. The van der Waals surface area contributed by atoms with Crippen LogP contribution in [0.3, 0.4) is 0 Å². The Kier molecular flexibility index (Phi) is 7.20. The number of hydrogen-bond donors (Lipinski definition) is 0. The summed E-state index contributed by atoms with van der Waals surface area (Å²) >= 11 is 3.74. The molecule has 0 saturated carbocycles. The van der Waals surface area contributed by atoms with Gasteiger partial charge in [0.25, 0.3) is 0 Å². The number of rotatable bonds is 0. The van der Waals surface area contributed by atoms with Gasteiger partial charge in [-0.1, -0.05) is 36.4 Å². The minimum absolute atomic E-state index is 0.229. The van der Waals surface area contributed by atoms with Crippen LogP contribution in [-0.4, -0.2) is 31.5 Å². The Morgan fingerprint density at radius 3 is 1.71 bits per heavy atom. The Morgan fingerprint density at radius 1 is 0.667 bits per heavy atom. The molecule has 0 saturated heterocycles. The first kappa shape index (κ1) is 17.5. The second-order valence-electron chi connectivity index (χ2n) is 5.34. The van der Waals surface area contributed by atoms with Crippen LogP contribution in [0.15, 0.2) is 48.5 Å². The minimum atomic E-state index is 0.229. The highest BCUT2D eigenvalue weighted by molar-refractivity contribution is 7.98. The summed E-state index contributed by atoms with van der Waals surface area (Å²) in [5.41, 5.74) is 2.39. The Morgan fingerprint density at radius 2 is 1.17 bits per heavy atom. The first-order valence-corrected chi connectivity index (χ1v) is 10.4. The van der Waals surface area contributed by atoms with Crippen molar-refractivity contribution in [3.8, 4) is 11.5 Å². The monoisotopic (exact) mass is 362 g/mol. The fourth-order valence-corrected chi connectivity index (χ4v) is 4.06. The topological polar surface area (TPSA) is 27.7 Å². The summed E-state index contributed by atoms with van der Waals surface area (Å²) in [6, 6.07) is 16.3. The minimum Gasteiger partial charge on any atom is -0.457 e. The van der Waals surface area contributed by atoms with Gasteiger partial charge in [-0.3, -0.25) is 0 Å². The number of fused-ring (bicyclic) bond motifs is 2. The Labute approximate surface area is 152 Å². The summed E-state index contributed by atoms with van der Waals surface area (Å²) in [5.74, 6) is 5.63. The SMILES string of the molecule is c1ccc2c(c1)CSCCOCCSCc1ccccc1OCO2. The molecule has 0 bridgehead atoms. The van der Waals surface area contributed by atoms with Crippen LogP contribution in [0.1, 0.15) is 11.1 Å². The lowest BCUT2D eigenvalue weighted by Crippen LogP contribution is -2.09. The second kappa shape index (κ2) is 9.87. The van der Waals surface area contributed by atoms with Gasteiger partial charge in [-0.15, -0.1) is 0 Å². The van der Waals surface area contributed by atoms with Crippen molar-refractivity contribution in [1.29, 1.82) is 0 Å². The number of thioether (sulfide) groups is 2. The predicted molar refractivity (Wildman–Crippen MR) is 102 cm³/mol. The van der Waals surface area contributed by atoms with Crippen LogP contribution in [0.2, 0.25) is 0 Å². The van der Waals surface area contributed by atoms with Crippen LogP contribution < -0.4 is 9.47 Å². The average Bonchev–Trinajstić information content (AvgIpc) is 2.61. The van der Waals surface area contributed by atoms with Crippen molar-refractivity contribution >= 4 is 23.5 Å². The summed E-state index contributed by atoms with van der Waals surface area (Å²) < 4.78 is 17.4. The average molecular weight is 363 g/mol. The van der Waals surface area contributed by atoms with Gasteiger partial charge in [-0.05, 0) is 12.1 Å². The smallest absolute Gasteiger partial charge is 0.230 e. The van der Waals surface area contributed by atoms with Gasteiger partial charge in [0.2, 0.25) is 6.79 Å². The molecule has 0 spiro atoms. The van der Waals surface area contributed by atoms with Crippen molar-refractivity contribution < 1.29 is 14.2 Å². The molecule has 24 heavy (non-hydrogen) atoms. The lowest BCUT2D eigenvalue weighted by Gasteiger charge is -2.15. The molecule has 0 atom stereocenters. The summed E-state index contributed by atoms with van der Waals surface area (Å²) in [5, 5.41) is 0. The molecule has 0 amide bonds. The molecule has 0 N–H and O–H groups in total. The van der Waals surface area contributed by atoms with Crippen molar-refractivity contribution in [2.75, 3.05) is 31.5 Å². The number of para-hydroxylation sites is 2. The van der Waals surface area contributed by atoms with Crippen molar-refractivity contribution in [2.45, 2.75) is 11.5 Å². The maximum Gasteiger partial charge on any atom is 0.230 e. The maximum atomic E-state index is 5.87. The molecule has 0 radical (unpaired) electrons. The first-order chi connectivity index (χ1) is 11.9. The standard InChI is InChI=1S/C19H22O3S2/c1-3-7-18-16(5-1)13-23-11-9-20-10-12-24-14-17-6-2-4-8-19(17)22-15-21-18/h1-8H,9-15H2.